The summed E-state index contributed by atoms with van der Waals surface area (Å²) in [6.07, 6.45) is 1.36. The number of fused-ring (bicyclic) bond motifs is 1. The van der Waals surface area contributed by atoms with Gasteiger partial charge in [-0.2, -0.15) is 0 Å². The molecule has 0 radical (unpaired) electrons. The predicted molar refractivity (Wildman–Crippen MR) is 77.1 cm³/mol. The number of carbonyl (C=O) groups is 1. The third-order valence-electron chi connectivity index (χ3n) is 2.78. The van der Waals surface area contributed by atoms with Crippen molar-refractivity contribution in [2.45, 2.75) is 32.7 Å². The third-order valence-corrected chi connectivity index (χ3v) is 4.12. The standard InChI is InChI=1S/C12H14ClN3O2S/c1-3-6-5-7-9(14-8(4-2)11(17)18)15-12(13)16-10(7)19-6/h5,8H,3-4H2,1-2H3,(H,17,18)(H,14,15,16). The minimum absolute atomic E-state index is 0.125. The lowest BCUT2D eigenvalue weighted by Crippen LogP contribution is -2.28. The molecule has 0 spiro atoms. The first kappa shape index (κ1) is 14.0. The molecule has 0 saturated heterocycles. The van der Waals surface area contributed by atoms with Gasteiger partial charge in [-0.1, -0.05) is 13.8 Å². The molecule has 1 atom stereocenters. The monoisotopic (exact) mass is 299 g/mol. The first-order chi connectivity index (χ1) is 9.05. The van der Waals surface area contributed by atoms with Crippen molar-refractivity contribution in [1.82, 2.24) is 9.97 Å². The number of aliphatic carboxylic acids is 1. The van der Waals surface area contributed by atoms with E-state index < -0.39 is 12.0 Å². The highest BCUT2D eigenvalue weighted by Gasteiger charge is 2.18. The molecule has 2 N–H and O–H groups in total. The second-order valence-electron chi connectivity index (χ2n) is 4.07. The van der Waals surface area contributed by atoms with Gasteiger partial charge in [-0.25, -0.2) is 14.8 Å². The van der Waals surface area contributed by atoms with E-state index in [4.69, 9.17) is 16.7 Å². The molecule has 1 unspecified atom stereocenters. The summed E-state index contributed by atoms with van der Waals surface area (Å²) >= 11 is 7.43. The van der Waals surface area contributed by atoms with Gasteiger partial charge in [-0.15, -0.1) is 11.3 Å². The maximum atomic E-state index is 11.1. The van der Waals surface area contributed by atoms with Gasteiger partial charge in [0, 0.05) is 4.88 Å². The molecule has 0 bridgehead atoms. The van der Waals surface area contributed by atoms with Gasteiger partial charge < -0.3 is 10.4 Å². The maximum absolute atomic E-state index is 11.1. The number of thiophene rings is 1. The van der Waals surface area contributed by atoms with E-state index in [1.54, 1.807) is 18.3 Å². The zero-order chi connectivity index (χ0) is 14.0. The first-order valence-corrected chi connectivity index (χ1v) is 7.19. The number of aromatic nitrogens is 2. The predicted octanol–water partition coefficient (Wildman–Crippen LogP) is 3.18. The summed E-state index contributed by atoms with van der Waals surface area (Å²) in [5.74, 6) is -0.420. The van der Waals surface area contributed by atoms with E-state index >= 15 is 0 Å². The van der Waals surface area contributed by atoms with Crippen molar-refractivity contribution in [2.24, 2.45) is 0 Å². The summed E-state index contributed by atoms with van der Waals surface area (Å²) in [7, 11) is 0. The van der Waals surface area contributed by atoms with Gasteiger partial charge in [0.1, 0.15) is 16.7 Å². The molecule has 2 aromatic heterocycles. The molecule has 7 heteroatoms. The lowest BCUT2D eigenvalue weighted by Gasteiger charge is -2.13. The van der Waals surface area contributed by atoms with E-state index in [9.17, 15) is 4.79 Å². The van der Waals surface area contributed by atoms with Gasteiger partial charge in [0.15, 0.2) is 0 Å². The molecule has 19 heavy (non-hydrogen) atoms. The zero-order valence-corrected chi connectivity index (χ0v) is 12.2. The van der Waals surface area contributed by atoms with Crippen LogP contribution in [0, 0.1) is 0 Å². The highest BCUT2D eigenvalue weighted by atomic mass is 35.5. The van der Waals surface area contributed by atoms with Gasteiger partial charge in [0.2, 0.25) is 5.28 Å². The van der Waals surface area contributed by atoms with E-state index in [0.717, 1.165) is 21.5 Å². The highest BCUT2D eigenvalue weighted by molar-refractivity contribution is 7.18. The smallest absolute Gasteiger partial charge is 0.326 e. The van der Waals surface area contributed by atoms with E-state index in [0.29, 0.717) is 12.2 Å². The van der Waals surface area contributed by atoms with Gasteiger partial charge >= 0.3 is 5.97 Å². The normalized spacial score (nSPS) is 12.6. The minimum Gasteiger partial charge on any atom is -0.480 e. The number of hydrogen-bond donors (Lipinski definition) is 2. The van der Waals surface area contributed by atoms with Crippen LogP contribution in [0.5, 0.6) is 0 Å². The van der Waals surface area contributed by atoms with Gasteiger partial charge in [0.05, 0.1) is 5.39 Å². The summed E-state index contributed by atoms with van der Waals surface area (Å²) in [6, 6.07) is 1.30. The molecule has 0 fully saturated rings. The van der Waals surface area contributed by atoms with E-state index in [-0.39, 0.29) is 5.28 Å². The molecule has 0 amide bonds. The van der Waals surface area contributed by atoms with Gasteiger partial charge in [-0.3, -0.25) is 0 Å². The number of hydrogen-bond acceptors (Lipinski definition) is 5. The largest absolute Gasteiger partial charge is 0.480 e. The highest BCUT2D eigenvalue weighted by Crippen LogP contribution is 2.30. The Kier molecular flexibility index (Phi) is 4.21. The van der Waals surface area contributed by atoms with Crippen LogP contribution in [0.4, 0.5) is 5.82 Å². The van der Waals surface area contributed by atoms with Crippen molar-refractivity contribution in [2.75, 3.05) is 5.32 Å². The number of carboxylic acid groups (broad SMARTS) is 1. The van der Waals surface area contributed by atoms with Crippen LogP contribution in [-0.2, 0) is 11.2 Å². The topological polar surface area (TPSA) is 75.1 Å². The molecule has 5 nitrogen and oxygen atoms in total. The van der Waals surface area contributed by atoms with E-state index in [1.807, 2.05) is 6.07 Å². The zero-order valence-electron chi connectivity index (χ0n) is 10.6. The third kappa shape index (κ3) is 2.96. The van der Waals surface area contributed by atoms with Crippen LogP contribution < -0.4 is 5.32 Å². The molecule has 2 aromatic rings. The Balaban J connectivity index is 2.46. The quantitative estimate of drug-likeness (QED) is 0.829. The molecule has 0 aliphatic heterocycles. The first-order valence-electron chi connectivity index (χ1n) is 6.00. The SMILES string of the molecule is CCc1cc2c(NC(CC)C(=O)O)nc(Cl)nc2s1. The van der Waals surface area contributed by atoms with Crippen LogP contribution in [-0.4, -0.2) is 27.1 Å². The maximum Gasteiger partial charge on any atom is 0.326 e. The van der Waals surface area contributed by atoms with Crippen LogP contribution in [0.15, 0.2) is 6.07 Å². The summed E-state index contributed by atoms with van der Waals surface area (Å²) < 4.78 is 0. The molecule has 0 aliphatic rings. The lowest BCUT2D eigenvalue weighted by atomic mass is 10.2. The summed E-state index contributed by atoms with van der Waals surface area (Å²) in [4.78, 5) is 21.3. The Morgan fingerprint density at radius 2 is 2.26 bits per heavy atom. The summed E-state index contributed by atoms with van der Waals surface area (Å²) in [5.41, 5.74) is 0. The van der Waals surface area contributed by atoms with Crippen molar-refractivity contribution in [3.05, 3.63) is 16.2 Å². The van der Waals surface area contributed by atoms with Crippen LogP contribution in [0.1, 0.15) is 25.1 Å². The van der Waals surface area contributed by atoms with Gasteiger partial charge in [0.25, 0.3) is 0 Å². The molecule has 0 aromatic carbocycles. The molecular formula is C12H14ClN3O2S. The lowest BCUT2D eigenvalue weighted by molar-refractivity contribution is -0.137. The number of anilines is 1. The molecule has 0 aliphatic carbocycles. The average molecular weight is 300 g/mol. The Bertz CT molecular complexity index is 614. The van der Waals surface area contributed by atoms with Crippen molar-refractivity contribution < 1.29 is 9.90 Å². The number of rotatable bonds is 5. The fraction of sp³-hybridized carbons (Fsp3) is 0.417. The van der Waals surface area contributed by atoms with Crippen LogP contribution in [0.25, 0.3) is 10.2 Å². The summed E-state index contributed by atoms with van der Waals surface area (Å²) in [6.45, 7) is 3.86. The Hall–Kier alpha value is -1.40. The number of nitrogens with one attached hydrogen (secondary N) is 1. The number of nitrogens with zero attached hydrogens (tertiary/aromatic N) is 2. The van der Waals surface area contributed by atoms with Crippen LogP contribution in [0.2, 0.25) is 5.28 Å². The van der Waals surface area contributed by atoms with Crippen molar-refractivity contribution in [1.29, 1.82) is 0 Å². The second kappa shape index (κ2) is 5.71. The van der Waals surface area contributed by atoms with Crippen molar-refractivity contribution in [3.63, 3.8) is 0 Å². The van der Waals surface area contributed by atoms with E-state index in [2.05, 4.69) is 22.2 Å². The Morgan fingerprint density at radius 1 is 1.53 bits per heavy atom. The van der Waals surface area contributed by atoms with Crippen molar-refractivity contribution in [3.8, 4) is 0 Å². The van der Waals surface area contributed by atoms with Crippen LogP contribution in [0.3, 0.4) is 0 Å². The van der Waals surface area contributed by atoms with Crippen molar-refractivity contribution >= 4 is 44.9 Å². The molecular weight excluding hydrogens is 286 g/mol. The second-order valence-corrected chi connectivity index (χ2v) is 5.52. The fourth-order valence-electron chi connectivity index (χ4n) is 1.73. The number of aryl methyl sites for hydroxylation is 1. The van der Waals surface area contributed by atoms with E-state index in [1.165, 1.54) is 0 Å². The summed E-state index contributed by atoms with van der Waals surface area (Å²) in [5, 5.41) is 13.0. The van der Waals surface area contributed by atoms with Gasteiger partial charge in [-0.05, 0) is 30.5 Å². The minimum atomic E-state index is -0.906. The average Bonchev–Trinajstić information content (AvgIpc) is 2.78. The molecule has 0 saturated carbocycles. The Morgan fingerprint density at radius 3 is 2.84 bits per heavy atom. The fourth-order valence-corrected chi connectivity index (χ4v) is 2.92. The van der Waals surface area contributed by atoms with Crippen LogP contribution >= 0.6 is 22.9 Å². The molecule has 2 heterocycles. The molecule has 2 rings (SSSR count). The number of halogens is 1. The number of carboxylic acids is 1. The molecule has 102 valence electrons. The Labute approximate surface area is 119 Å².